The van der Waals surface area contributed by atoms with Crippen molar-refractivity contribution >= 4 is 18.0 Å². The van der Waals surface area contributed by atoms with E-state index in [0.29, 0.717) is 0 Å². The highest BCUT2D eigenvalue weighted by molar-refractivity contribution is 5.83. The lowest BCUT2D eigenvalue weighted by molar-refractivity contribution is -0.153. The van der Waals surface area contributed by atoms with Gasteiger partial charge in [-0.05, 0) is 18.8 Å². The van der Waals surface area contributed by atoms with E-state index in [0.717, 1.165) is 0 Å². The van der Waals surface area contributed by atoms with Crippen LogP contribution in [0, 0.1) is 11.8 Å². The van der Waals surface area contributed by atoms with E-state index in [1.807, 2.05) is 13.8 Å². The minimum atomic E-state index is -1.47. The molecule has 0 radical (unpaired) electrons. The smallest absolute Gasteiger partial charge is 0.336 e. The van der Waals surface area contributed by atoms with Crippen LogP contribution in [0.5, 0.6) is 0 Å². The summed E-state index contributed by atoms with van der Waals surface area (Å²) in [5, 5.41) is 21.4. The Balaban J connectivity index is 4.97. The molecule has 8 nitrogen and oxygen atoms in total. The molecule has 23 heavy (non-hydrogen) atoms. The molecular formula is C15H28N2O6. The van der Waals surface area contributed by atoms with Gasteiger partial charge in [-0.25, -0.2) is 14.4 Å². The molecule has 2 amide bonds. The number of amides is 2. The number of carboxylic acids is 1. The predicted molar refractivity (Wildman–Crippen MR) is 83.8 cm³/mol. The fraction of sp³-hybridized carbons (Fsp3) is 0.800. The summed E-state index contributed by atoms with van der Waals surface area (Å²) in [6.07, 6.45) is -1.47. The van der Waals surface area contributed by atoms with Gasteiger partial charge in [-0.1, -0.05) is 27.7 Å². The van der Waals surface area contributed by atoms with Crippen LogP contribution in [-0.4, -0.2) is 64.9 Å². The van der Waals surface area contributed by atoms with Crippen LogP contribution in [0.4, 0.5) is 4.79 Å². The van der Waals surface area contributed by atoms with Gasteiger partial charge in [0.2, 0.25) is 0 Å². The Morgan fingerprint density at radius 1 is 1.13 bits per heavy atom. The number of aliphatic hydroxyl groups is 1. The number of ether oxygens (including phenoxy) is 1. The van der Waals surface area contributed by atoms with Crippen LogP contribution < -0.4 is 5.32 Å². The van der Waals surface area contributed by atoms with Crippen molar-refractivity contribution in [2.24, 2.45) is 11.8 Å². The van der Waals surface area contributed by atoms with Gasteiger partial charge >= 0.3 is 18.0 Å². The molecule has 134 valence electrons. The predicted octanol–water partition coefficient (Wildman–Crippen LogP) is 0.687. The Hall–Kier alpha value is -1.83. The van der Waals surface area contributed by atoms with Gasteiger partial charge in [-0.2, -0.15) is 0 Å². The quantitative estimate of drug-likeness (QED) is 0.535. The van der Waals surface area contributed by atoms with Gasteiger partial charge in [0.05, 0.1) is 13.2 Å². The molecule has 0 aromatic carbocycles. The summed E-state index contributed by atoms with van der Waals surface area (Å²) >= 11 is 0. The van der Waals surface area contributed by atoms with Crippen molar-refractivity contribution in [3.05, 3.63) is 0 Å². The second kappa shape index (κ2) is 10.0. The van der Waals surface area contributed by atoms with E-state index < -0.39 is 30.1 Å². The third-order valence-corrected chi connectivity index (χ3v) is 3.04. The number of aliphatic carboxylic acids is 1. The van der Waals surface area contributed by atoms with E-state index in [4.69, 9.17) is 9.84 Å². The van der Waals surface area contributed by atoms with Crippen LogP contribution in [0.1, 0.15) is 34.6 Å². The molecule has 0 rings (SSSR count). The molecule has 0 aliphatic rings. The first-order valence-electron chi connectivity index (χ1n) is 7.73. The second-order valence-corrected chi connectivity index (χ2v) is 6.08. The fourth-order valence-electron chi connectivity index (χ4n) is 1.94. The minimum absolute atomic E-state index is 0.0810. The zero-order valence-electron chi connectivity index (χ0n) is 14.4. The first-order chi connectivity index (χ1) is 10.6. The molecule has 0 aliphatic heterocycles. The number of hydrogen-bond donors (Lipinski definition) is 3. The van der Waals surface area contributed by atoms with E-state index in [1.54, 1.807) is 20.8 Å². The zero-order chi connectivity index (χ0) is 18.2. The van der Waals surface area contributed by atoms with Gasteiger partial charge in [0, 0.05) is 6.54 Å². The average Bonchev–Trinajstić information content (AvgIpc) is 2.42. The summed E-state index contributed by atoms with van der Waals surface area (Å²) in [5.74, 6) is -2.17. The van der Waals surface area contributed by atoms with E-state index in [-0.39, 0.29) is 31.5 Å². The third kappa shape index (κ3) is 7.83. The highest BCUT2D eigenvalue weighted by atomic mass is 16.5. The van der Waals surface area contributed by atoms with Crippen LogP contribution >= 0.6 is 0 Å². The van der Waals surface area contributed by atoms with Gasteiger partial charge in [-0.15, -0.1) is 0 Å². The second-order valence-electron chi connectivity index (χ2n) is 6.08. The van der Waals surface area contributed by atoms with E-state index in [2.05, 4.69) is 5.32 Å². The molecule has 1 unspecified atom stereocenters. The Kier molecular flexibility index (Phi) is 9.24. The largest absolute Gasteiger partial charge is 0.480 e. The molecule has 8 heteroatoms. The lowest BCUT2D eigenvalue weighted by Crippen LogP contribution is -2.53. The van der Waals surface area contributed by atoms with Crippen molar-refractivity contribution in [3.8, 4) is 0 Å². The molecule has 0 bridgehead atoms. The Bertz CT molecular complexity index is 411. The summed E-state index contributed by atoms with van der Waals surface area (Å²) < 4.78 is 4.71. The summed E-state index contributed by atoms with van der Waals surface area (Å²) in [6, 6.07) is -1.68. The summed E-state index contributed by atoms with van der Waals surface area (Å²) in [5.41, 5.74) is 0. The maximum Gasteiger partial charge on any atom is 0.336 e. The van der Waals surface area contributed by atoms with Crippen molar-refractivity contribution in [2.75, 3.05) is 19.7 Å². The SMILES string of the molecule is CCOC(=O)C(O)CN(CC(C)C)C(=O)N[C@H](C(=O)O)C(C)C. The highest BCUT2D eigenvalue weighted by Crippen LogP contribution is 2.06. The molecular weight excluding hydrogens is 304 g/mol. The van der Waals surface area contributed by atoms with Crippen molar-refractivity contribution < 1.29 is 29.3 Å². The van der Waals surface area contributed by atoms with Gasteiger partial charge in [0.1, 0.15) is 6.04 Å². The highest BCUT2D eigenvalue weighted by Gasteiger charge is 2.29. The van der Waals surface area contributed by atoms with E-state index in [9.17, 15) is 19.5 Å². The van der Waals surface area contributed by atoms with Gasteiger partial charge in [0.25, 0.3) is 0 Å². The molecule has 0 spiro atoms. The normalized spacial score (nSPS) is 13.6. The number of carbonyl (C=O) groups is 3. The molecule has 3 N–H and O–H groups in total. The van der Waals surface area contributed by atoms with Crippen LogP contribution in [0.15, 0.2) is 0 Å². The molecule has 0 aromatic heterocycles. The van der Waals surface area contributed by atoms with Crippen molar-refractivity contribution in [1.29, 1.82) is 0 Å². The van der Waals surface area contributed by atoms with E-state index in [1.165, 1.54) is 4.90 Å². The molecule has 0 heterocycles. The molecule has 0 fully saturated rings. The number of hydrogen-bond acceptors (Lipinski definition) is 5. The standard InChI is InChI=1S/C15H28N2O6/c1-6-23-14(21)11(18)8-17(7-9(2)3)15(22)16-12(10(4)5)13(19)20/h9-12,18H,6-8H2,1-5H3,(H,16,22)(H,19,20)/t11?,12-/m0/s1. The number of carboxylic acid groups (broad SMARTS) is 1. The zero-order valence-corrected chi connectivity index (χ0v) is 14.4. The Morgan fingerprint density at radius 3 is 2.09 bits per heavy atom. The first kappa shape index (κ1) is 21.2. The first-order valence-corrected chi connectivity index (χ1v) is 7.73. The number of carbonyl (C=O) groups excluding carboxylic acids is 2. The van der Waals surface area contributed by atoms with Crippen LogP contribution in [0.25, 0.3) is 0 Å². The van der Waals surface area contributed by atoms with Gasteiger partial charge in [0.15, 0.2) is 6.10 Å². The van der Waals surface area contributed by atoms with Gasteiger partial charge in [-0.3, -0.25) is 0 Å². The number of urea groups is 1. The van der Waals surface area contributed by atoms with E-state index >= 15 is 0 Å². The summed E-state index contributed by atoms with van der Waals surface area (Å²) in [6.45, 7) is 8.85. The fourth-order valence-corrected chi connectivity index (χ4v) is 1.94. The minimum Gasteiger partial charge on any atom is -0.480 e. The maximum absolute atomic E-state index is 12.3. The summed E-state index contributed by atoms with van der Waals surface area (Å²) in [7, 11) is 0. The number of rotatable bonds is 9. The summed E-state index contributed by atoms with van der Waals surface area (Å²) in [4.78, 5) is 36.2. The molecule has 0 aromatic rings. The number of nitrogens with one attached hydrogen (secondary N) is 1. The third-order valence-electron chi connectivity index (χ3n) is 3.04. The van der Waals surface area contributed by atoms with Crippen LogP contribution in [0.2, 0.25) is 0 Å². The lowest BCUT2D eigenvalue weighted by atomic mass is 10.1. The van der Waals surface area contributed by atoms with Crippen molar-refractivity contribution in [1.82, 2.24) is 10.2 Å². The van der Waals surface area contributed by atoms with Crippen LogP contribution in [0.3, 0.4) is 0 Å². The van der Waals surface area contributed by atoms with Crippen LogP contribution in [-0.2, 0) is 14.3 Å². The molecule has 0 saturated carbocycles. The Labute approximate surface area is 136 Å². The van der Waals surface area contributed by atoms with Gasteiger partial charge < -0.3 is 25.2 Å². The lowest BCUT2D eigenvalue weighted by Gasteiger charge is -2.28. The number of esters is 1. The van der Waals surface area contributed by atoms with Crippen molar-refractivity contribution in [3.63, 3.8) is 0 Å². The Morgan fingerprint density at radius 2 is 1.70 bits per heavy atom. The van der Waals surface area contributed by atoms with Crippen molar-refractivity contribution in [2.45, 2.75) is 46.8 Å². The topological polar surface area (TPSA) is 116 Å². The molecule has 0 aliphatic carbocycles. The monoisotopic (exact) mass is 332 g/mol. The average molecular weight is 332 g/mol. The molecule has 2 atom stereocenters. The number of nitrogens with zero attached hydrogens (tertiary/aromatic N) is 1. The number of aliphatic hydroxyl groups excluding tert-OH is 1. The maximum atomic E-state index is 12.3. The molecule has 0 saturated heterocycles.